The zero-order chi connectivity index (χ0) is 21.1. The highest BCUT2D eigenvalue weighted by atomic mass is 16.6. The minimum Gasteiger partial charge on any atom is -0.507 e. The van der Waals surface area contributed by atoms with Crippen molar-refractivity contribution in [2.75, 3.05) is 11.9 Å². The van der Waals surface area contributed by atoms with Crippen molar-refractivity contribution in [3.63, 3.8) is 0 Å². The van der Waals surface area contributed by atoms with Gasteiger partial charge in [-0.2, -0.15) is 0 Å². The van der Waals surface area contributed by atoms with Gasteiger partial charge in [-0.15, -0.1) is 0 Å². The smallest absolute Gasteiger partial charge is 0.310 e. The summed E-state index contributed by atoms with van der Waals surface area (Å²) < 4.78 is 10.9. The van der Waals surface area contributed by atoms with Crippen LogP contribution in [0.5, 0.6) is 11.5 Å². The number of oxazole rings is 1. The van der Waals surface area contributed by atoms with Crippen LogP contribution in [0.1, 0.15) is 0 Å². The van der Waals surface area contributed by atoms with Crippen molar-refractivity contribution in [2.45, 2.75) is 0 Å². The lowest BCUT2D eigenvalue weighted by molar-refractivity contribution is -0.385. The maximum Gasteiger partial charge on any atom is 0.310 e. The molecule has 0 atom stereocenters. The molecule has 30 heavy (non-hydrogen) atoms. The summed E-state index contributed by atoms with van der Waals surface area (Å²) in [6, 6.07) is 17.4. The number of fused-ring (bicyclic) bond motifs is 1. The van der Waals surface area contributed by atoms with E-state index in [-0.39, 0.29) is 23.1 Å². The van der Waals surface area contributed by atoms with Gasteiger partial charge in [-0.05, 0) is 36.4 Å². The molecule has 1 heterocycles. The molecule has 0 aliphatic rings. The van der Waals surface area contributed by atoms with Crippen LogP contribution < -0.4 is 10.1 Å². The summed E-state index contributed by atoms with van der Waals surface area (Å²) >= 11 is 0. The van der Waals surface area contributed by atoms with Crippen molar-refractivity contribution in [3.05, 3.63) is 76.8 Å². The third kappa shape index (κ3) is 3.90. The Balaban J connectivity index is 1.49. The number of nitrogens with one attached hydrogen (secondary N) is 1. The van der Waals surface area contributed by atoms with Crippen molar-refractivity contribution < 1.29 is 24.0 Å². The molecule has 0 saturated carbocycles. The van der Waals surface area contributed by atoms with Crippen LogP contribution >= 0.6 is 0 Å². The minimum atomic E-state index is -0.584. The second-order valence-electron chi connectivity index (χ2n) is 6.28. The van der Waals surface area contributed by atoms with Crippen molar-refractivity contribution >= 4 is 28.4 Å². The second kappa shape index (κ2) is 7.92. The van der Waals surface area contributed by atoms with Gasteiger partial charge in [0.05, 0.1) is 10.5 Å². The van der Waals surface area contributed by atoms with Crippen molar-refractivity contribution in [1.82, 2.24) is 4.98 Å². The summed E-state index contributed by atoms with van der Waals surface area (Å²) in [7, 11) is 0. The number of ether oxygens (including phenoxy) is 1. The number of benzene rings is 3. The maximum atomic E-state index is 12.2. The fourth-order valence-corrected chi connectivity index (χ4v) is 2.84. The highest BCUT2D eigenvalue weighted by molar-refractivity contribution is 5.93. The molecule has 0 radical (unpaired) electrons. The lowest BCUT2D eigenvalue weighted by atomic mass is 10.1. The van der Waals surface area contributed by atoms with E-state index in [1.54, 1.807) is 18.2 Å². The van der Waals surface area contributed by atoms with Gasteiger partial charge in [0.25, 0.3) is 5.91 Å². The Morgan fingerprint density at radius 3 is 2.70 bits per heavy atom. The van der Waals surface area contributed by atoms with E-state index in [0.29, 0.717) is 22.4 Å². The molecule has 4 aromatic rings. The highest BCUT2D eigenvalue weighted by Gasteiger charge is 2.16. The Bertz CT molecular complexity index is 1220. The van der Waals surface area contributed by atoms with Gasteiger partial charge in [-0.25, -0.2) is 4.98 Å². The van der Waals surface area contributed by atoms with E-state index in [0.717, 1.165) is 0 Å². The number of hydrogen-bond donors (Lipinski definition) is 2. The van der Waals surface area contributed by atoms with Gasteiger partial charge in [0.1, 0.15) is 11.3 Å². The molecule has 4 rings (SSSR count). The molecule has 0 spiro atoms. The quantitative estimate of drug-likeness (QED) is 0.280. The van der Waals surface area contributed by atoms with Crippen LogP contribution in [0.3, 0.4) is 0 Å². The molecule has 0 unspecified atom stereocenters. The van der Waals surface area contributed by atoms with Crippen molar-refractivity contribution in [3.8, 4) is 23.0 Å². The van der Waals surface area contributed by atoms with Gasteiger partial charge in [-0.1, -0.05) is 24.3 Å². The number of nitrogens with zero attached hydrogens (tertiary/aromatic N) is 2. The zero-order valence-electron chi connectivity index (χ0n) is 15.4. The first-order valence-corrected chi connectivity index (χ1v) is 8.86. The first-order valence-electron chi connectivity index (χ1n) is 8.86. The first-order chi connectivity index (χ1) is 14.5. The fraction of sp³-hybridized carbons (Fsp3) is 0.0476. The maximum absolute atomic E-state index is 12.2. The number of rotatable bonds is 6. The lowest BCUT2D eigenvalue weighted by Crippen LogP contribution is -2.20. The van der Waals surface area contributed by atoms with Gasteiger partial charge >= 0.3 is 5.69 Å². The number of aromatic nitrogens is 1. The highest BCUT2D eigenvalue weighted by Crippen LogP contribution is 2.33. The van der Waals surface area contributed by atoms with Gasteiger partial charge < -0.3 is 19.6 Å². The van der Waals surface area contributed by atoms with Crippen LogP contribution in [0.4, 0.5) is 11.4 Å². The number of carbonyl (C=O) groups excluding carboxylic acids is 1. The zero-order valence-corrected chi connectivity index (χ0v) is 15.4. The van der Waals surface area contributed by atoms with Crippen LogP contribution in [0, 0.1) is 10.1 Å². The number of amides is 1. The number of hydrogen-bond acceptors (Lipinski definition) is 7. The summed E-state index contributed by atoms with van der Waals surface area (Å²) in [4.78, 5) is 27.0. The fourth-order valence-electron chi connectivity index (χ4n) is 2.84. The van der Waals surface area contributed by atoms with Crippen LogP contribution in [0.15, 0.2) is 71.1 Å². The SMILES string of the molecule is O=C(COc1ccccc1[N+](=O)[O-])Nc1ccc(O)c(-c2nc3ccccc3o2)c1. The first kappa shape index (κ1) is 18.9. The molecule has 0 fully saturated rings. The standard InChI is InChI=1S/C21H15N3O6/c25-17-10-9-13(11-14(17)21-23-15-5-1-3-7-18(15)30-21)22-20(26)12-29-19-8-4-2-6-16(19)24(27)28/h1-11,25H,12H2,(H,22,26). The largest absolute Gasteiger partial charge is 0.507 e. The molecule has 0 aliphatic heterocycles. The van der Waals surface area contributed by atoms with E-state index in [4.69, 9.17) is 9.15 Å². The van der Waals surface area contributed by atoms with E-state index in [1.165, 1.54) is 36.4 Å². The third-order valence-electron chi connectivity index (χ3n) is 4.23. The third-order valence-corrected chi connectivity index (χ3v) is 4.23. The van der Waals surface area contributed by atoms with E-state index < -0.39 is 17.4 Å². The van der Waals surface area contributed by atoms with E-state index in [2.05, 4.69) is 10.3 Å². The van der Waals surface area contributed by atoms with Crippen molar-refractivity contribution in [1.29, 1.82) is 0 Å². The number of phenolic OH excluding ortho intramolecular Hbond substituents is 1. The molecule has 2 N–H and O–H groups in total. The van der Waals surface area contributed by atoms with E-state index >= 15 is 0 Å². The Morgan fingerprint density at radius 2 is 1.90 bits per heavy atom. The monoisotopic (exact) mass is 405 g/mol. The molecule has 0 aliphatic carbocycles. The number of nitro groups is 1. The number of para-hydroxylation sites is 4. The molecule has 0 bridgehead atoms. The minimum absolute atomic E-state index is 0.00415. The Morgan fingerprint density at radius 1 is 1.13 bits per heavy atom. The number of phenols is 1. The van der Waals surface area contributed by atoms with Gasteiger partial charge in [-0.3, -0.25) is 14.9 Å². The Labute approximate surface area is 169 Å². The molecule has 9 nitrogen and oxygen atoms in total. The molecule has 1 amide bonds. The summed E-state index contributed by atoms with van der Waals surface area (Å²) in [6.45, 7) is -0.427. The molecule has 0 saturated heterocycles. The summed E-state index contributed by atoms with van der Waals surface area (Å²) in [5.41, 5.74) is 1.66. The molecular weight excluding hydrogens is 390 g/mol. The number of nitro benzene ring substituents is 1. The van der Waals surface area contributed by atoms with Crippen LogP contribution in [0.2, 0.25) is 0 Å². The second-order valence-corrected chi connectivity index (χ2v) is 6.28. The van der Waals surface area contributed by atoms with Crippen molar-refractivity contribution in [2.24, 2.45) is 0 Å². The van der Waals surface area contributed by atoms with Crippen LogP contribution in [-0.2, 0) is 4.79 Å². The van der Waals surface area contributed by atoms with Crippen LogP contribution in [0.25, 0.3) is 22.6 Å². The van der Waals surface area contributed by atoms with Gasteiger partial charge in [0.2, 0.25) is 5.89 Å². The average Bonchev–Trinajstić information content (AvgIpc) is 3.18. The molecule has 1 aromatic heterocycles. The molecule has 9 heteroatoms. The normalized spacial score (nSPS) is 10.7. The molecule has 3 aromatic carbocycles. The van der Waals surface area contributed by atoms with Gasteiger partial charge in [0.15, 0.2) is 17.9 Å². The number of anilines is 1. The van der Waals surface area contributed by atoms with Gasteiger partial charge in [0, 0.05) is 11.8 Å². The average molecular weight is 405 g/mol. The molecular formula is C21H15N3O6. The summed E-state index contributed by atoms with van der Waals surface area (Å²) in [6.07, 6.45) is 0. The predicted molar refractivity (Wildman–Crippen MR) is 108 cm³/mol. The Kier molecular flexibility index (Phi) is 5.00. The Hall–Kier alpha value is -4.40. The molecule has 150 valence electrons. The topological polar surface area (TPSA) is 128 Å². The lowest BCUT2D eigenvalue weighted by Gasteiger charge is -2.09. The summed E-state index contributed by atoms with van der Waals surface area (Å²) in [5.74, 6) is -0.380. The predicted octanol–water partition coefficient (Wildman–Crippen LogP) is 4.13. The van der Waals surface area contributed by atoms with E-state index in [1.807, 2.05) is 12.1 Å². The van der Waals surface area contributed by atoms with Crippen LogP contribution in [-0.4, -0.2) is 27.5 Å². The summed E-state index contributed by atoms with van der Waals surface area (Å²) in [5, 5.41) is 23.8. The number of carbonyl (C=O) groups is 1. The number of aromatic hydroxyl groups is 1. The van der Waals surface area contributed by atoms with E-state index in [9.17, 15) is 20.0 Å².